The van der Waals surface area contributed by atoms with Gasteiger partial charge in [-0.25, -0.2) is 19.6 Å². The molecule has 0 aliphatic carbocycles. The van der Waals surface area contributed by atoms with E-state index >= 15 is 0 Å². The summed E-state index contributed by atoms with van der Waals surface area (Å²) in [6.07, 6.45) is 0. The molecule has 14 nitrogen and oxygen atoms in total. The summed E-state index contributed by atoms with van der Waals surface area (Å²) in [5.41, 5.74) is 5.25. The number of carbonyl (C=O) groups is 2. The fourth-order valence-electron chi connectivity index (χ4n) is 5.12. The summed E-state index contributed by atoms with van der Waals surface area (Å²) in [6.45, 7) is 10.1. The van der Waals surface area contributed by atoms with Crippen molar-refractivity contribution in [3.63, 3.8) is 0 Å². The van der Waals surface area contributed by atoms with Crippen molar-refractivity contribution in [1.29, 1.82) is 10.5 Å². The molecule has 2 aromatic carbocycles. The standard InChI is InChI=1S/C17H17N3O3.C16H15N3O3.CH4O.Na.H2O/c1-10-4-5-11(15(21)22-3)6-12(10)14-13(7-18)19-16(20-14)17(2)8-23-9-17;1-9-3-4-10(14(20)21)5-11(9)13-12(6-17)18-15(19-13)16(2)7-22-8-16;1-2;;/h4-6H,8-9H2,1-3H3,(H,19,20);3-5H,7-8H2,1-2H3,(H,18,19)(H,20,21);2H,1H3;;1H2/q;;;+1;/p-1. The first kappa shape index (κ1) is 40.8. The van der Waals surface area contributed by atoms with Crippen molar-refractivity contribution in [2.45, 2.75) is 38.5 Å². The number of aromatic nitrogens is 4. The Morgan fingerprint density at radius 1 is 0.816 bits per heavy atom. The van der Waals surface area contributed by atoms with E-state index < -0.39 is 11.9 Å². The first-order valence-electron chi connectivity index (χ1n) is 14.6. The molecule has 4 aromatic rings. The van der Waals surface area contributed by atoms with Crippen LogP contribution in [0.5, 0.6) is 0 Å². The van der Waals surface area contributed by atoms with Crippen LogP contribution in [0.4, 0.5) is 0 Å². The number of methoxy groups -OCH3 is 1. The summed E-state index contributed by atoms with van der Waals surface area (Å²) in [7, 11) is 2.34. The van der Waals surface area contributed by atoms with Gasteiger partial charge in [-0.1, -0.05) is 12.1 Å². The molecule has 2 saturated heterocycles. The smallest absolute Gasteiger partial charge is 0.870 e. The number of aliphatic hydroxyl groups is 1. The maximum absolute atomic E-state index is 11.8. The van der Waals surface area contributed by atoms with E-state index in [-0.39, 0.29) is 57.1 Å². The molecule has 252 valence electrons. The van der Waals surface area contributed by atoms with E-state index in [0.717, 1.165) is 29.6 Å². The number of ether oxygens (including phenoxy) is 3. The van der Waals surface area contributed by atoms with Gasteiger partial charge in [-0.2, -0.15) is 10.5 Å². The summed E-state index contributed by atoms with van der Waals surface area (Å²) < 4.78 is 15.3. The molecule has 0 spiro atoms. The molecule has 0 atom stereocenters. The Balaban J connectivity index is 0.000000312. The van der Waals surface area contributed by atoms with Gasteiger partial charge in [-0.15, -0.1) is 0 Å². The Morgan fingerprint density at radius 3 is 1.53 bits per heavy atom. The topological polar surface area (TPSA) is 237 Å². The summed E-state index contributed by atoms with van der Waals surface area (Å²) in [5.74, 6) is 0.0197. The Hall–Kier alpha value is -4.38. The second-order valence-corrected chi connectivity index (χ2v) is 11.8. The van der Waals surface area contributed by atoms with Gasteiger partial charge in [0.25, 0.3) is 0 Å². The second kappa shape index (κ2) is 16.8. The first-order chi connectivity index (χ1) is 22.4. The van der Waals surface area contributed by atoms with Gasteiger partial charge in [0.1, 0.15) is 23.8 Å². The molecule has 5 N–H and O–H groups in total. The molecule has 2 aliphatic heterocycles. The van der Waals surface area contributed by atoms with Crippen LogP contribution in [-0.4, -0.2) is 88.2 Å². The predicted octanol–water partition coefficient (Wildman–Crippen LogP) is 1.01. The van der Waals surface area contributed by atoms with Crippen molar-refractivity contribution in [3.05, 3.63) is 81.7 Å². The number of aromatic amines is 2. The van der Waals surface area contributed by atoms with E-state index in [1.54, 1.807) is 30.3 Å². The van der Waals surface area contributed by atoms with Crippen LogP contribution in [0.25, 0.3) is 22.5 Å². The number of nitrogens with one attached hydrogen (secondary N) is 2. The Labute approximate surface area is 305 Å². The minimum Gasteiger partial charge on any atom is -0.870 e. The van der Waals surface area contributed by atoms with Gasteiger partial charge in [0.05, 0.1) is 66.9 Å². The summed E-state index contributed by atoms with van der Waals surface area (Å²) in [5, 5.41) is 34.9. The Morgan fingerprint density at radius 2 is 1.20 bits per heavy atom. The number of aromatic carboxylic acids is 1. The molecule has 6 rings (SSSR count). The van der Waals surface area contributed by atoms with Crippen molar-refractivity contribution < 1.29 is 69.0 Å². The number of carbonyl (C=O) groups excluding carboxylic acids is 1. The number of aliphatic hydroxyl groups excluding tert-OH is 1. The maximum Gasteiger partial charge on any atom is 1.00 e. The average molecular weight is 681 g/mol. The number of imidazole rings is 2. The number of nitrogens with zero attached hydrogens (tertiary/aromatic N) is 4. The largest absolute Gasteiger partial charge is 1.00 e. The third-order valence-corrected chi connectivity index (χ3v) is 8.13. The van der Waals surface area contributed by atoms with Crippen LogP contribution in [0.2, 0.25) is 0 Å². The van der Waals surface area contributed by atoms with Gasteiger partial charge in [-0.05, 0) is 63.1 Å². The fourth-order valence-corrected chi connectivity index (χ4v) is 5.12. The van der Waals surface area contributed by atoms with Gasteiger partial charge >= 0.3 is 41.5 Å². The number of carboxylic acids is 1. The molecule has 0 unspecified atom stereocenters. The van der Waals surface area contributed by atoms with Crippen molar-refractivity contribution in [2.75, 3.05) is 40.6 Å². The molecule has 0 saturated carbocycles. The number of benzene rings is 2. The first-order valence-corrected chi connectivity index (χ1v) is 14.6. The number of nitriles is 2. The third-order valence-electron chi connectivity index (χ3n) is 8.13. The number of carboxylic acid groups (broad SMARTS) is 1. The zero-order chi connectivity index (χ0) is 34.5. The normalized spacial score (nSPS) is 14.6. The minimum atomic E-state index is -1.00. The summed E-state index contributed by atoms with van der Waals surface area (Å²) >= 11 is 0. The molecular weight excluding hydrogens is 643 g/mol. The average Bonchev–Trinajstić information content (AvgIpc) is 3.69. The molecular formula is C34H37N6NaO8. The number of hydrogen-bond donors (Lipinski definition) is 4. The van der Waals surface area contributed by atoms with Crippen LogP contribution in [0.1, 0.15) is 68.7 Å². The van der Waals surface area contributed by atoms with Crippen molar-refractivity contribution >= 4 is 11.9 Å². The van der Waals surface area contributed by atoms with Gasteiger partial charge < -0.3 is 39.9 Å². The van der Waals surface area contributed by atoms with Crippen LogP contribution in [0.3, 0.4) is 0 Å². The SMILES string of the molecule is CO.COC(=O)c1ccc(C)c(-c2[nH]c(C3(C)COC3)nc2C#N)c1.Cc1ccc(C(=O)O)cc1-c1[nH]c(C2(C)COC2)nc1C#N.[Na+].[OH-]. The maximum atomic E-state index is 11.8. The molecule has 0 bridgehead atoms. The molecule has 0 radical (unpaired) electrons. The van der Waals surface area contributed by atoms with Crippen LogP contribution < -0.4 is 29.6 Å². The van der Waals surface area contributed by atoms with E-state index in [4.69, 9.17) is 24.4 Å². The van der Waals surface area contributed by atoms with Crippen molar-refractivity contribution in [2.24, 2.45) is 0 Å². The minimum absolute atomic E-state index is 0. The van der Waals surface area contributed by atoms with Crippen molar-refractivity contribution in [3.8, 4) is 34.7 Å². The van der Waals surface area contributed by atoms with Crippen LogP contribution >= 0.6 is 0 Å². The van der Waals surface area contributed by atoms with Crippen LogP contribution in [-0.2, 0) is 25.0 Å². The zero-order valence-corrected chi connectivity index (χ0v) is 30.5. The van der Waals surface area contributed by atoms with Crippen LogP contribution in [0, 0.1) is 36.5 Å². The zero-order valence-electron chi connectivity index (χ0n) is 28.5. The van der Waals surface area contributed by atoms with E-state index in [1.165, 1.54) is 7.11 Å². The number of rotatable bonds is 6. The number of esters is 1. The van der Waals surface area contributed by atoms with Crippen molar-refractivity contribution in [1.82, 2.24) is 19.9 Å². The number of hydrogen-bond acceptors (Lipinski definition) is 11. The fraction of sp³-hybridized carbons (Fsp3) is 0.353. The molecule has 2 fully saturated rings. The van der Waals surface area contributed by atoms with E-state index in [9.17, 15) is 20.1 Å². The molecule has 2 aromatic heterocycles. The van der Waals surface area contributed by atoms with E-state index in [0.29, 0.717) is 60.5 Å². The predicted molar refractivity (Wildman–Crippen MR) is 172 cm³/mol. The van der Waals surface area contributed by atoms with Crippen LogP contribution in [0.15, 0.2) is 36.4 Å². The van der Waals surface area contributed by atoms with Gasteiger partial charge in [0.15, 0.2) is 11.4 Å². The Bertz CT molecular complexity index is 1900. The molecule has 2 aliphatic rings. The molecule has 4 heterocycles. The monoisotopic (exact) mass is 680 g/mol. The summed E-state index contributed by atoms with van der Waals surface area (Å²) in [6, 6.07) is 14.3. The van der Waals surface area contributed by atoms with Gasteiger partial charge in [0, 0.05) is 18.2 Å². The Kier molecular flexibility index (Phi) is 14.0. The van der Waals surface area contributed by atoms with Gasteiger partial charge in [-0.3, -0.25) is 0 Å². The third kappa shape index (κ3) is 8.26. The quantitative estimate of drug-likeness (QED) is 0.165. The molecule has 49 heavy (non-hydrogen) atoms. The molecule has 0 amide bonds. The molecule has 15 heteroatoms. The number of aryl methyl sites for hydroxylation is 2. The van der Waals surface area contributed by atoms with Gasteiger partial charge in [0.2, 0.25) is 0 Å². The summed E-state index contributed by atoms with van der Waals surface area (Å²) in [4.78, 5) is 38.2. The number of H-pyrrole nitrogens is 2. The second-order valence-electron chi connectivity index (χ2n) is 11.8. The van der Waals surface area contributed by atoms with E-state index in [1.807, 2.05) is 33.8 Å². The van der Waals surface area contributed by atoms with E-state index in [2.05, 4.69) is 32.1 Å².